The molecule has 2 saturated heterocycles. The molecule has 0 N–H and O–H groups in total. The van der Waals surface area contributed by atoms with Gasteiger partial charge in [0.1, 0.15) is 17.9 Å². The number of methoxy groups -OCH3 is 1. The molecule has 2 fully saturated rings. The average Bonchev–Trinajstić information content (AvgIpc) is 2.63. The number of carbonyl (C=O) groups excluding carboxylic acids is 2. The lowest BCUT2D eigenvalue weighted by atomic mass is 9.99. The van der Waals surface area contributed by atoms with E-state index in [4.69, 9.17) is 9.47 Å². The molecule has 2 heterocycles. The van der Waals surface area contributed by atoms with Crippen molar-refractivity contribution < 1.29 is 19.1 Å². The van der Waals surface area contributed by atoms with Crippen LogP contribution in [0, 0.1) is 0 Å². The molecule has 0 bridgehead atoms. The molecule has 0 aliphatic carbocycles. The Morgan fingerprint density at radius 3 is 2.68 bits per heavy atom. The molecule has 136 valence electrons. The summed E-state index contributed by atoms with van der Waals surface area (Å²) in [7, 11) is 1.36. The molecule has 0 radical (unpaired) electrons. The Labute approximate surface area is 148 Å². The van der Waals surface area contributed by atoms with Crippen molar-refractivity contribution in [1.82, 2.24) is 9.80 Å². The van der Waals surface area contributed by atoms with Crippen molar-refractivity contribution >= 4 is 12.0 Å². The molecule has 1 atom stereocenters. The van der Waals surface area contributed by atoms with E-state index in [1.54, 1.807) is 9.80 Å². The summed E-state index contributed by atoms with van der Waals surface area (Å²) in [6, 6.07) is 7.61. The fourth-order valence-electron chi connectivity index (χ4n) is 3.52. The maximum absolute atomic E-state index is 12.8. The number of benzene rings is 1. The Morgan fingerprint density at radius 2 is 1.96 bits per heavy atom. The van der Waals surface area contributed by atoms with Gasteiger partial charge in [-0.1, -0.05) is 25.1 Å². The number of aryl methyl sites for hydroxylation is 1. The summed E-state index contributed by atoms with van der Waals surface area (Å²) in [4.78, 5) is 28.0. The third-order valence-corrected chi connectivity index (χ3v) is 5.00. The highest BCUT2D eigenvalue weighted by Gasteiger charge is 2.40. The third kappa shape index (κ3) is 3.72. The van der Waals surface area contributed by atoms with Gasteiger partial charge in [-0.15, -0.1) is 0 Å². The van der Waals surface area contributed by atoms with Crippen LogP contribution >= 0.6 is 0 Å². The second kappa shape index (κ2) is 7.76. The van der Waals surface area contributed by atoms with Crippen LogP contribution in [-0.4, -0.2) is 60.7 Å². The lowest BCUT2D eigenvalue weighted by Crippen LogP contribution is -2.62. The van der Waals surface area contributed by atoms with Gasteiger partial charge in [0, 0.05) is 6.54 Å². The van der Waals surface area contributed by atoms with Crippen LogP contribution in [0.1, 0.15) is 31.7 Å². The number of para-hydroxylation sites is 1. The number of hydrogen-bond acceptors (Lipinski definition) is 4. The van der Waals surface area contributed by atoms with Crippen LogP contribution in [0.5, 0.6) is 5.75 Å². The van der Waals surface area contributed by atoms with Crippen molar-refractivity contribution in [3.8, 4) is 5.75 Å². The van der Waals surface area contributed by atoms with Crippen molar-refractivity contribution in [3.63, 3.8) is 0 Å². The topological polar surface area (TPSA) is 59.1 Å². The van der Waals surface area contributed by atoms with Crippen LogP contribution < -0.4 is 4.74 Å². The number of nitrogens with zero attached hydrogens (tertiary/aromatic N) is 2. The van der Waals surface area contributed by atoms with Crippen molar-refractivity contribution in [2.75, 3.05) is 26.7 Å². The van der Waals surface area contributed by atoms with Gasteiger partial charge in [0.2, 0.25) is 5.91 Å². The molecule has 0 unspecified atom stereocenters. The molecule has 0 aromatic heterocycles. The van der Waals surface area contributed by atoms with E-state index in [2.05, 4.69) is 13.0 Å². The molecule has 6 nitrogen and oxygen atoms in total. The summed E-state index contributed by atoms with van der Waals surface area (Å²) >= 11 is 0. The van der Waals surface area contributed by atoms with Gasteiger partial charge in [0.05, 0.1) is 20.2 Å². The summed E-state index contributed by atoms with van der Waals surface area (Å²) in [6.07, 6.45) is 3.10. The summed E-state index contributed by atoms with van der Waals surface area (Å²) in [6.45, 7) is 3.83. The van der Waals surface area contributed by atoms with Crippen molar-refractivity contribution in [3.05, 3.63) is 29.8 Å². The van der Waals surface area contributed by atoms with E-state index < -0.39 is 12.1 Å². The zero-order valence-electron chi connectivity index (χ0n) is 14.9. The highest BCUT2D eigenvalue weighted by Crippen LogP contribution is 2.26. The molecule has 0 saturated carbocycles. The van der Waals surface area contributed by atoms with Crippen molar-refractivity contribution in [2.45, 2.75) is 44.8 Å². The molecule has 6 heteroatoms. The number of hydrogen-bond donors (Lipinski definition) is 0. The monoisotopic (exact) mass is 346 g/mol. The normalized spacial score (nSPS) is 20.8. The second-order valence-electron chi connectivity index (χ2n) is 6.62. The van der Waals surface area contributed by atoms with Crippen LogP contribution in [0.4, 0.5) is 4.79 Å². The Hall–Kier alpha value is -2.24. The molecule has 1 aromatic carbocycles. The van der Waals surface area contributed by atoms with Crippen LogP contribution in [0.15, 0.2) is 24.3 Å². The molecule has 25 heavy (non-hydrogen) atoms. The minimum atomic E-state index is -0.414. The Bertz CT molecular complexity index is 628. The van der Waals surface area contributed by atoms with Gasteiger partial charge in [-0.2, -0.15) is 0 Å². The molecule has 0 spiro atoms. The Kier molecular flexibility index (Phi) is 5.46. The van der Waals surface area contributed by atoms with Crippen molar-refractivity contribution in [2.24, 2.45) is 0 Å². The molecule has 2 aliphatic rings. The van der Waals surface area contributed by atoms with Gasteiger partial charge in [-0.3, -0.25) is 9.69 Å². The molecule has 3 rings (SSSR count). The highest BCUT2D eigenvalue weighted by atomic mass is 16.5. The number of carbonyl (C=O) groups is 2. The lowest BCUT2D eigenvalue weighted by Gasteiger charge is -2.43. The van der Waals surface area contributed by atoms with Crippen LogP contribution in [-0.2, 0) is 16.0 Å². The third-order valence-electron chi connectivity index (χ3n) is 5.00. The quantitative estimate of drug-likeness (QED) is 0.840. The van der Waals surface area contributed by atoms with Crippen LogP contribution in [0.3, 0.4) is 0 Å². The van der Waals surface area contributed by atoms with Crippen LogP contribution in [0.25, 0.3) is 0 Å². The van der Waals surface area contributed by atoms with E-state index in [0.29, 0.717) is 26.1 Å². The second-order valence-corrected chi connectivity index (χ2v) is 6.62. The number of ether oxygens (including phenoxy) is 2. The fourth-order valence-corrected chi connectivity index (χ4v) is 3.52. The number of likely N-dealkylation sites (tertiary alicyclic amines) is 2. The van der Waals surface area contributed by atoms with Gasteiger partial charge >= 0.3 is 6.09 Å². The molecule has 2 aliphatic heterocycles. The van der Waals surface area contributed by atoms with E-state index in [1.807, 2.05) is 18.2 Å². The van der Waals surface area contributed by atoms with E-state index in [-0.39, 0.29) is 12.0 Å². The first-order valence-electron chi connectivity index (χ1n) is 9.02. The van der Waals surface area contributed by atoms with Gasteiger partial charge in [0.15, 0.2) is 0 Å². The maximum atomic E-state index is 12.8. The van der Waals surface area contributed by atoms with E-state index in [9.17, 15) is 9.59 Å². The number of rotatable bonds is 4. The van der Waals surface area contributed by atoms with Gasteiger partial charge in [-0.05, 0) is 37.3 Å². The Morgan fingerprint density at radius 1 is 1.20 bits per heavy atom. The largest absolute Gasteiger partial charge is 0.486 e. The van der Waals surface area contributed by atoms with E-state index in [0.717, 1.165) is 25.0 Å². The molecule has 1 aromatic rings. The Balaban J connectivity index is 1.56. The maximum Gasteiger partial charge on any atom is 0.410 e. The standard InChI is InChI=1S/C19H26N2O4/c1-3-14-8-4-5-10-17(14)25-15-12-20(13-15)18(22)16-9-6-7-11-21(16)19(23)24-2/h4-5,8,10,15-16H,3,6-7,9,11-13H2,1-2H3/t16-/m0/s1. The number of amides is 2. The summed E-state index contributed by atoms with van der Waals surface area (Å²) in [5.41, 5.74) is 1.18. The average molecular weight is 346 g/mol. The highest BCUT2D eigenvalue weighted by molar-refractivity contribution is 5.86. The first-order chi connectivity index (χ1) is 12.1. The molecular weight excluding hydrogens is 320 g/mol. The van der Waals surface area contributed by atoms with Gasteiger partial charge in [0.25, 0.3) is 0 Å². The smallest absolute Gasteiger partial charge is 0.410 e. The first kappa shape index (κ1) is 17.6. The van der Waals surface area contributed by atoms with Crippen molar-refractivity contribution in [1.29, 1.82) is 0 Å². The first-order valence-corrected chi connectivity index (χ1v) is 9.02. The minimum Gasteiger partial charge on any atom is -0.486 e. The van der Waals surface area contributed by atoms with Gasteiger partial charge in [-0.25, -0.2) is 4.79 Å². The number of piperidine rings is 1. The summed E-state index contributed by atoms with van der Waals surface area (Å²) in [5, 5.41) is 0. The predicted molar refractivity (Wildman–Crippen MR) is 93.6 cm³/mol. The van der Waals surface area contributed by atoms with E-state index in [1.165, 1.54) is 12.7 Å². The molecule has 2 amide bonds. The zero-order valence-corrected chi connectivity index (χ0v) is 14.9. The van der Waals surface area contributed by atoms with E-state index >= 15 is 0 Å². The summed E-state index contributed by atoms with van der Waals surface area (Å²) < 4.78 is 10.9. The summed E-state index contributed by atoms with van der Waals surface area (Å²) in [5.74, 6) is 0.907. The molecular formula is C19H26N2O4. The predicted octanol–water partition coefficient (Wildman–Crippen LogP) is 2.46. The fraction of sp³-hybridized carbons (Fsp3) is 0.579. The van der Waals surface area contributed by atoms with Crippen LogP contribution in [0.2, 0.25) is 0 Å². The van der Waals surface area contributed by atoms with Gasteiger partial charge < -0.3 is 14.4 Å². The lowest BCUT2D eigenvalue weighted by molar-refractivity contribution is -0.146. The minimum absolute atomic E-state index is 0.00808. The zero-order chi connectivity index (χ0) is 17.8. The SMILES string of the molecule is CCc1ccccc1OC1CN(C(=O)[C@@H]2CCCCN2C(=O)OC)C1.